The molecule has 0 aliphatic heterocycles. The van der Waals surface area contributed by atoms with Crippen LogP contribution >= 0.6 is 23.2 Å². The first kappa shape index (κ1) is 13.1. The van der Waals surface area contributed by atoms with E-state index in [9.17, 15) is 10.2 Å². The second kappa shape index (κ2) is 5.51. The molecule has 0 atom stereocenters. The van der Waals surface area contributed by atoms with Gasteiger partial charge in [0.2, 0.25) is 0 Å². The molecule has 2 nitrogen and oxygen atoms in total. The SMILES string of the molecule is Oc1ccccc1CCc1c(O)ccc(Cl)c1Cl. The Kier molecular flexibility index (Phi) is 4.00. The van der Waals surface area contributed by atoms with Gasteiger partial charge in [0, 0.05) is 5.56 Å². The van der Waals surface area contributed by atoms with Crippen LogP contribution < -0.4 is 0 Å². The van der Waals surface area contributed by atoms with Gasteiger partial charge in [-0.25, -0.2) is 0 Å². The molecule has 0 radical (unpaired) electrons. The summed E-state index contributed by atoms with van der Waals surface area (Å²) in [6, 6.07) is 10.2. The number of hydrogen-bond acceptors (Lipinski definition) is 2. The summed E-state index contributed by atoms with van der Waals surface area (Å²) >= 11 is 12.0. The van der Waals surface area contributed by atoms with Gasteiger partial charge >= 0.3 is 0 Å². The highest BCUT2D eigenvalue weighted by Crippen LogP contribution is 2.33. The molecular weight excluding hydrogens is 271 g/mol. The predicted octanol–water partition coefficient (Wildman–Crippen LogP) is 4.19. The van der Waals surface area contributed by atoms with Crippen LogP contribution in [0.5, 0.6) is 11.5 Å². The zero-order chi connectivity index (χ0) is 13.1. The molecule has 0 heterocycles. The normalized spacial score (nSPS) is 10.6. The topological polar surface area (TPSA) is 40.5 Å². The van der Waals surface area contributed by atoms with Crippen LogP contribution in [0.4, 0.5) is 0 Å². The quantitative estimate of drug-likeness (QED) is 0.886. The molecule has 0 aromatic heterocycles. The van der Waals surface area contributed by atoms with Crippen LogP contribution in [0.1, 0.15) is 11.1 Å². The smallest absolute Gasteiger partial charge is 0.120 e. The number of phenols is 2. The van der Waals surface area contributed by atoms with Gasteiger partial charge in [0.25, 0.3) is 0 Å². The van der Waals surface area contributed by atoms with Crippen molar-refractivity contribution in [2.45, 2.75) is 12.8 Å². The highest BCUT2D eigenvalue weighted by Gasteiger charge is 2.11. The zero-order valence-corrected chi connectivity index (χ0v) is 11.0. The fourth-order valence-electron chi connectivity index (χ4n) is 1.80. The molecule has 2 N–H and O–H groups in total. The van der Waals surface area contributed by atoms with E-state index in [4.69, 9.17) is 23.2 Å². The van der Waals surface area contributed by atoms with Crippen molar-refractivity contribution >= 4 is 23.2 Å². The number of phenolic OH excluding ortho intramolecular Hbond substituents is 2. The minimum absolute atomic E-state index is 0.125. The molecule has 0 saturated carbocycles. The van der Waals surface area contributed by atoms with E-state index in [-0.39, 0.29) is 11.5 Å². The molecule has 2 rings (SSSR count). The van der Waals surface area contributed by atoms with Crippen LogP contribution in [0, 0.1) is 0 Å². The predicted molar refractivity (Wildman–Crippen MR) is 73.6 cm³/mol. The summed E-state index contributed by atoms with van der Waals surface area (Å²) in [6.45, 7) is 0. The van der Waals surface area contributed by atoms with Gasteiger partial charge < -0.3 is 10.2 Å². The molecule has 94 valence electrons. The van der Waals surface area contributed by atoms with E-state index in [1.165, 1.54) is 6.07 Å². The van der Waals surface area contributed by atoms with E-state index in [0.29, 0.717) is 28.5 Å². The molecule has 0 aliphatic carbocycles. The Morgan fingerprint density at radius 3 is 2.28 bits per heavy atom. The van der Waals surface area contributed by atoms with Crippen molar-refractivity contribution in [1.29, 1.82) is 0 Å². The van der Waals surface area contributed by atoms with Crippen LogP contribution in [-0.2, 0) is 12.8 Å². The maximum atomic E-state index is 9.76. The van der Waals surface area contributed by atoms with Crippen LogP contribution in [0.2, 0.25) is 10.0 Å². The molecule has 0 saturated heterocycles. The lowest BCUT2D eigenvalue weighted by atomic mass is 10.0. The largest absolute Gasteiger partial charge is 0.508 e. The molecule has 2 aromatic rings. The van der Waals surface area contributed by atoms with Crippen molar-refractivity contribution in [3.63, 3.8) is 0 Å². The molecule has 0 bridgehead atoms. The second-order valence-electron chi connectivity index (χ2n) is 3.99. The summed E-state index contributed by atoms with van der Waals surface area (Å²) in [7, 11) is 0. The van der Waals surface area contributed by atoms with Gasteiger partial charge in [0.1, 0.15) is 11.5 Å². The average molecular weight is 283 g/mol. The van der Waals surface area contributed by atoms with Crippen molar-refractivity contribution in [3.05, 3.63) is 57.6 Å². The summed E-state index contributed by atoms with van der Waals surface area (Å²) in [5.74, 6) is 0.370. The van der Waals surface area contributed by atoms with Crippen LogP contribution in [0.15, 0.2) is 36.4 Å². The highest BCUT2D eigenvalue weighted by molar-refractivity contribution is 6.42. The van der Waals surface area contributed by atoms with E-state index in [1.54, 1.807) is 18.2 Å². The Morgan fingerprint density at radius 1 is 0.833 bits per heavy atom. The summed E-state index contributed by atoms with van der Waals surface area (Å²) < 4.78 is 0. The maximum absolute atomic E-state index is 9.76. The van der Waals surface area contributed by atoms with Crippen molar-refractivity contribution in [2.24, 2.45) is 0 Å². The third-order valence-electron chi connectivity index (χ3n) is 2.81. The third kappa shape index (κ3) is 2.71. The van der Waals surface area contributed by atoms with E-state index in [2.05, 4.69) is 0 Å². The van der Waals surface area contributed by atoms with Crippen LogP contribution in [-0.4, -0.2) is 10.2 Å². The Bertz CT molecular complexity index is 568. The Labute approximate surface area is 115 Å². The summed E-state index contributed by atoms with van der Waals surface area (Å²) in [4.78, 5) is 0. The molecule has 0 spiro atoms. The molecule has 0 fully saturated rings. The fourth-order valence-corrected chi connectivity index (χ4v) is 2.23. The minimum atomic E-state index is 0.125. The number of aryl methyl sites for hydroxylation is 1. The molecular formula is C14H12Cl2O2. The lowest BCUT2D eigenvalue weighted by Crippen LogP contribution is -1.94. The number of benzene rings is 2. The molecule has 0 aliphatic rings. The van der Waals surface area contributed by atoms with E-state index in [1.807, 2.05) is 12.1 Å². The molecule has 2 aromatic carbocycles. The molecule has 0 unspecified atom stereocenters. The number of halogens is 2. The Hall–Kier alpha value is -1.38. The van der Waals surface area contributed by atoms with Gasteiger partial charge in [-0.1, -0.05) is 41.4 Å². The van der Waals surface area contributed by atoms with Gasteiger partial charge in [-0.05, 0) is 36.6 Å². The summed E-state index contributed by atoms with van der Waals surface area (Å²) in [5, 5.41) is 20.2. The van der Waals surface area contributed by atoms with Crippen molar-refractivity contribution in [2.75, 3.05) is 0 Å². The van der Waals surface area contributed by atoms with Crippen molar-refractivity contribution in [3.8, 4) is 11.5 Å². The second-order valence-corrected chi connectivity index (χ2v) is 4.77. The number of hydrogen-bond donors (Lipinski definition) is 2. The van der Waals surface area contributed by atoms with Gasteiger partial charge in [-0.2, -0.15) is 0 Å². The van der Waals surface area contributed by atoms with Crippen LogP contribution in [0.25, 0.3) is 0 Å². The average Bonchev–Trinajstić information content (AvgIpc) is 2.36. The van der Waals surface area contributed by atoms with E-state index < -0.39 is 0 Å². The standard InChI is InChI=1S/C14H12Cl2O2/c15-11-7-8-13(18)10(14(11)16)6-5-9-3-1-2-4-12(9)17/h1-4,7-8,17-18H,5-6H2. The Morgan fingerprint density at radius 2 is 1.56 bits per heavy atom. The van der Waals surface area contributed by atoms with Gasteiger partial charge in [-0.3, -0.25) is 0 Å². The minimum Gasteiger partial charge on any atom is -0.508 e. The van der Waals surface area contributed by atoms with Gasteiger partial charge in [0.05, 0.1) is 10.0 Å². The van der Waals surface area contributed by atoms with E-state index >= 15 is 0 Å². The molecule has 0 amide bonds. The number of aromatic hydroxyl groups is 2. The number of para-hydroxylation sites is 1. The monoisotopic (exact) mass is 282 g/mol. The molecule has 18 heavy (non-hydrogen) atoms. The summed E-state index contributed by atoms with van der Waals surface area (Å²) in [5.41, 5.74) is 1.42. The van der Waals surface area contributed by atoms with Gasteiger partial charge in [0.15, 0.2) is 0 Å². The van der Waals surface area contributed by atoms with E-state index in [0.717, 1.165) is 5.56 Å². The molecule has 4 heteroatoms. The number of rotatable bonds is 3. The first-order valence-corrected chi connectivity index (χ1v) is 6.28. The van der Waals surface area contributed by atoms with Crippen LogP contribution in [0.3, 0.4) is 0 Å². The lowest BCUT2D eigenvalue weighted by Gasteiger charge is -2.09. The Balaban J connectivity index is 2.21. The maximum Gasteiger partial charge on any atom is 0.120 e. The third-order valence-corrected chi connectivity index (χ3v) is 3.65. The lowest BCUT2D eigenvalue weighted by molar-refractivity contribution is 0.462. The summed E-state index contributed by atoms with van der Waals surface area (Å²) in [6.07, 6.45) is 1.10. The van der Waals surface area contributed by atoms with Gasteiger partial charge in [-0.15, -0.1) is 0 Å². The highest BCUT2D eigenvalue weighted by atomic mass is 35.5. The van der Waals surface area contributed by atoms with Crippen molar-refractivity contribution < 1.29 is 10.2 Å². The fraction of sp³-hybridized carbons (Fsp3) is 0.143. The first-order valence-electron chi connectivity index (χ1n) is 5.52. The first-order chi connectivity index (χ1) is 8.59. The zero-order valence-electron chi connectivity index (χ0n) is 9.53. The van der Waals surface area contributed by atoms with Crippen molar-refractivity contribution in [1.82, 2.24) is 0 Å².